The van der Waals surface area contributed by atoms with E-state index < -0.39 is 29.8 Å². The Bertz CT molecular complexity index is 1340. The SMILES string of the molecule is CNc1cccc(C[C@H](NC(=O)OCC2c3ccccc3-c3ccccc32)C(=O)O)c1NC(=O)OC(C)(C)C. The molecule has 0 fully saturated rings. The molecule has 0 heterocycles. The topological polar surface area (TPSA) is 126 Å². The first-order valence-electron chi connectivity index (χ1n) is 12.7. The highest BCUT2D eigenvalue weighted by Gasteiger charge is 2.30. The van der Waals surface area contributed by atoms with E-state index in [4.69, 9.17) is 9.47 Å². The first-order valence-corrected chi connectivity index (χ1v) is 12.7. The van der Waals surface area contributed by atoms with Crippen LogP contribution in [0.25, 0.3) is 11.1 Å². The lowest BCUT2D eigenvalue weighted by molar-refractivity contribution is -0.139. The van der Waals surface area contributed by atoms with Crippen LogP contribution < -0.4 is 16.0 Å². The van der Waals surface area contributed by atoms with Gasteiger partial charge in [-0.25, -0.2) is 14.4 Å². The van der Waals surface area contributed by atoms with Crippen molar-refractivity contribution in [3.05, 3.63) is 83.4 Å². The second-order valence-corrected chi connectivity index (χ2v) is 10.3. The number of fused-ring (bicyclic) bond motifs is 3. The molecule has 2 amide bonds. The van der Waals surface area contributed by atoms with Gasteiger partial charge in [0.1, 0.15) is 18.2 Å². The summed E-state index contributed by atoms with van der Waals surface area (Å²) in [7, 11) is 1.68. The molecule has 0 spiro atoms. The number of rotatable bonds is 8. The number of anilines is 2. The second kappa shape index (κ2) is 11.5. The van der Waals surface area contributed by atoms with Crippen LogP contribution in [0.1, 0.15) is 43.4 Å². The summed E-state index contributed by atoms with van der Waals surface area (Å²) in [6.07, 6.45) is -1.61. The minimum atomic E-state index is -1.30. The Morgan fingerprint density at radius 1 is 0.897 bits per heavy atom. The lowest BCUT2D eigenvalue weighted by atomic mass is 9.98. The smallest absolute Gasteiger partial charge is 0.412 e. The van der Waals surface area contributed by atoms with Crippen molar-refractivity contribution in [1.29, 1.82) is 0 Å². The van der Waals surface area contributed by atoms with Crippen LogP contribution in [0.5, 0.6) is 0 Å². The van der Waals surface area contributed by atoms with E-state index in [2.05, 4.69) is 16.0 Å². The van der Waals surface area contributed by atoms with E-state index in [0.29, 0.717) is 16.9 Å². The predicted octanol–water partition coefficient (Wildman–Crippen LogP) is 5.61. The van der Waals surface area contributed by atoms with Crippen molar-refractivity contribution in [2.45, 2.75) is 44.8 Å². The highest BCUT2D eigenvalue weighted by molar-refractivity contribution is 5.91. The van der Waals surface area contributed by atoms with Crippen LogP contribution in [0.4, 0.5) is 21.0 Å². The van der Waals surface area contributed by atoms with Gasteiger partial charge in [-0.3, -0.25) is 5.32 Å². The maximum absolute atomic E-state index is 12.8. The Labute approximate surface area is 227 Å². The summed E-state index contributed by atoms with van der Waals surface area (Å²) < 4.78 is 10.9. The molecule has 0 aromatic heterocycles. The van der Waals surface area contributed by atoms with Crippen LogP contribution in [0, 0.1) is 0 Å². The van der Waals surface area contributed by atoms with Gasteiger partial charge in [-0.15, -0.1) is 0 Å². The third kappa shape index (κ3) is 6.49. The Morgan fingerprint density at radius 2 is 1.51 bits per heavy atom. The summed E-state index contributed by atoms with van der Waals surface area (Å²) in [6, 6.07) is 19.8. The molecule has 0 saturated heterocycles. The number of ether oxygens (including phenoxy) is 2. The van der Waals surface area contributed by atoms with Crippen molar-refractivity contribution >= 4 is 29.5 Å². The molecule has 39 heavy (non-hydrogen) atoms. The van der Waals surface area contributed by atoms with Gasteiger partial charge in [-0.2, -0.15) is 0 Å². The predicted molar refractivity (Wildman–Crippen MR) is 149 cm³/mol. The minimum Gasteiger partial charge on any atom is -0.480 e. The van der Waals surface area contributed by atoms with Gasteiger partial charge in [0.2, 0.25) is 0 Å². The summed E-state index contributed by atoms with van der Waals surface area (Å²) in [5, 5.41) is 18.0. The average Bonchev–Trinajstić information content (AvgIpc) is 3.20. The molecule has 0 radical (unpaired) electrons. The minimum absolute atomic E-state index is 0.0624. The van der Waals surface area contributed by atoms with Crippen LogP contribution in [0.15, 0.2) is 66.7 Å². The van der Waals surface area contributed by atoms with Crippen molar-refractivity contribution in [3.8, 4) is 11.1 Å². The van der Waals surface area contributed by atoms with Crippen LogP contribution in [-0.4, -0.2) is 48.6 Å². The summed E-state index contributed by atoms with van der Waals surface area (Å²) >= 11 is 0. The van der Waals surface area contributed by atoms with E-state index in [1.165, 1.54) is 0 Å². The van der Waals surface area contributed by atoms with Crippen molar-refractivity contribution in [2.75, 3.05) is 24.3 Å². The maximum atomic E-state index is 12.8. The molecule has 1 aliphatic carbocycles. The van der Waals surface area contributed by atoms with E-state index in [0.717, 1.165) is 22.3 Å². The molecule has 204 valence electrons. The molecule has 4 rings (SSSR count). The summed E-state index contributed by atoms with van der Waals surface area (Å²) in [4.78, 5) is 37.3. The molecule has 0 unspecified atom stereocenters. The number of hydrogen-bond donors (Lipinski definition) is 4. The largest absolute Gasteiger partial charge is 0.480 e. The fourth-order valence-electron chi connectivity index (χ4n) is 4.73. The zero-order valence-corrected chi connectivity index (χ0v) is 22.4. The highest BCUT2D eigenvalue weighted by Crippen LogP contribution is 2.44. The number of carbonyl (C=O) groups excluding carboxylic acids is 2. The third-order valence-corrected chi connectivity index (χ3v) is 6.40. The number of amides is 2. The summed E-state index contributed by atoms with van der Waals surface area (Å²) in [5.41, 5.74) is 5.04. The Kier molecular flexibility index (Phi) is 8.09. The van der Waals surface area contributed by atoms with E-state index in [9.17, 15) is 19.5 Å². The second-order valence-electron chi connectivity index (χ2n) is 10.3. The standard InChI is InChI=1S/C30H33N3O6/c1-30(2,3)39-29(37)33-26-18(10-9-15-24(26)31-4)16-25(27(34)35)32-28(36)38-17-23-21-13-7-5-11-19(21)20-12-6-8-14-22(20)23/h5-15,23,25,31H,16-17H2,1-4H3,(H,32,36)(H,33,37)(H,34,35)/t25-/m0/s1. The number of carbonyl (C=O) groups is 3. The molecule has 0 bridgehead atoms. The van der Waals surface area contributed by atoms with Crippen molar-refractivity contribution < 1.29 is 29.0 Å². The fraction of sp³-hybridized carbons (Fsp3) is 0.300. The van der Waals surface area contributed by atoms with Crippen LogP contribution in [0.2, 0.25) is 0 Å². The molecule has 9 heteroatoms. The number of benzene rings is 3. The maximum Gasteiger partial charge on any atom is 0.412 e. The monoisotopic (exact) mass is 531 g/mol. The van der Waals surface area contributed by atoms with Gasteiger partial charge in [0.25, 0.3) is 0 Å². The zero-order valence-electron chi connectivity index (χ0n) is 22.4. The number of para-hydroxylation sites is 1. The van der Waals surface area contributed by atoms with Gasteiger partial charge < -0.3 is 25.2 Å². The van der Waals surface area contributed by atoms with Crippen LogP contribution >= 0.6 is 0 Å². The van der Waals surface area contributed by atoms with Gasteiger partial charge in [0.15, 0.2) is 0 Å². The van der Waals surface area contributed by atoms with Crippen LogP contribution in [-0.2, 0) is 20.7 Å². The molecular weight excluding hydrogens is 498 g/mol. The summed E-state index contributed by atoms with van der Waals surface area (Å²) in [5.74, 6) is -1.38. The first-order chi connectivity index (χ1) is 18.6. The molecule has 3 aromatic carbocycles. The van der Waals surface area contributed by atoms with E-state index in [-0.39, 0.29) is 18.9 Å². The average molecular weight is 532 g/mol. The molecular formula is C30H33N3O6. The quantitative estimate of drug-likeness (QED) is 0.298. The van der Waals surface area contributed by atoms with Crippen molar-refractivity contribution in [3.63, 3.8) is 0 Å². The molecule has 1 atom stereocenters. The van der Waals surface area contributed by atoms with Gasteiger partial charge in [0.05, 0.1) is 11.4 Å². The van der Waals surface area contributed by atoms with E-state index in [1.54, 1.807) is 46.0 Å². The lowest BCUT2D eigenvalue weighted by Gasteiger charge is -2.23. The van der Waals surface area contributed by atoms with Gasteiger partial charge in [-0.1, -0.05) is 60.7 Å². The Balaban J connectivity index is 1.46. The number of alkyl carbamates (subject to hydrolysis) is 1. The number of aliphatic carboxylic acids is 1. The molecule has 3 aromatic rings. The number of carboxylic acids is 1. The zero-order chi connectivity index (χ0) is 28.2. The molecule has 0 aliphatic heterocycles. The third-order valence-electron chi connectivity index (χ3n) is 6.40. The lowest BCUT2D eigenvalue weighted by Crippen LogP contribution is -2.43. The van der Waals surface area contributed by atoms with E-state index >= 15 is 0 Å². The molecule has 1 aliphatic rings. The number of carboxylic acid groups (broad SMARTS) is 1. The van der Waals surface area contributed by atoms with E-state index in [1.807, 2.05) is 48.5 Å². The Hall–Kier alpha value is -4.53. The molecule has 0 saturated carbocycles. The van der Waals surface area contributed by atoms with Gasteiger partial charge in [0, 0.05) is 19.4 Å². The van der Waals surface area contributed by atoms with Gasteiger partial charge >= 0.3 is 18.2 Å². The highest BCUT2D eigenvalue weighted by atomic mass is 16.6. The van der Waals surface area contributed by atoms with Crippen LogP contribution in [0.3, 0.4) is 0 Å². The fourth-order valence-corrected chi connectivity index (χ4v) is 4.73. The molecule has 4 N–H and O–H groups in total. The normalized spacial score (nSPS) is 13.0. The number of nitrogens with one attached hydrogen (secondary N) is 3. The summed E-state index contributed by atoms with van der Waals surface area (Å²) in [6.45, 7) is 5.30. The first kappa shape index (κ1) is 27.5. The molecule has 9 nitrogen and oxygen atoms in total. The number of hydrogen-bond acceptors (Lipinski definition) is 6. The van der Waals surface area contributed by atoms with Gasteiger partial charge in [-0.05, 0) is 54.7 Å². The Morgan fingerprint density at radius 3 is 2.08 bits per heavy atom. The van der Waals surface area contributed by atoms with Crippen molar-refractivity contribution in [2.24, 2.45) is 0 Å². The van der Waals surface area contributed by atoms with Crippen molar-refractivity contribution in [1.82, 2.24) is 5.32 Å².